The molecule has 0 aliphatic carbocycles. The lowest BCUT2D eigenvalue weighted by Crippen LogP contribution is -2.53. The summed E-state index contributed by atoms with van der Waals surface area (Å²) in [5.41, 5.74) is 2.91. The molecule has 0 radical (unpaired) electrons. The van der Waals surface area contributed by atoms with Crippen molar-refractivity contribution in [2.75, 3.05) is 24.3 Å². The maximum Gasteiger partial charge on any atom is 0.252 e. The van der Waals surface area contributed by atoms with Gasteiger partial charge < -0.3 is 25.5 Å². The van der Waals surface area contributed by atoms with Gasteiger partial charge in [-0.3, -0.25) is 9.48 Å². The molecule has 0 spiro atoms. The van der Waals surface area contributed by atoms with Crippen LogP contribution in [0.3, 0.4) is 0 Å². The highest BCUT2D eigenvalue weighted by molar-refractivity contribution is 6.31. The number of benzene rings is 1. The maximum absolute atomic E-state index is 12.8. The zero-order chi connectivity index (χ0) is 26.5. The van der Waals surface area contributed by atoms with E-state index < -0.39 is 31.2 Å². The minimum absolute atomic E-state index is 0.388. The van der Waals surface area contributed by atoms with E-state index in [4.69, 9.17) is 20.5 Å². The first-order chi connectivity index (χ1) is 17.4. The number of aromatic amines is 1. The molecule has 5 rings (SSSR count). The van der Waals surface area contributed by atoms with Crippen LogP contribution in [0.5, 0.6) is 0 Å². The number of carbonyl (C=O) groups excluding carboxylic acids is 1. The Hall–Kier alpha value is -3.40. The van der Waals surface area contributed by atoms with Crippen LogP contribution in [0.4, 0.5) is 11.4 Å². The van der Waals surface area contributed by atoms with E-state index in [1.165, 1.54) is 6.20 Å². The second-order valence-electron chi connectivity index (χ2n) is 8.60. The number of methoxy groups -OCH3 is 1. The Kier molecular flexibility index (Phi) is 4.70. The van der Waals surface area contributed by atoms with Crippen LogP contribution < -0.4 is 10.6 Å². The smallest absolute Gasteiger partial charge is 0.252 e. The zero-order valence-corrected chi connectivity index (χ0v) is 19.3. The van der Waals surface area contributed by atoms with Gasteiger partial charge in [0.15, 0.2) is 0 Å². The predicted molar refractivity (Wildman–Crippen MR) is 130 cm³/mol. The van der Waals surface area contributed by atoms with Crippen LogP contribution in [0, 0.1) is 6.92 Å². The number of pyridine rings is 1. The van der Waals surface area contributed by atoms with Crippen LogP contribution in [0.25, 0.3) is 11.0 Å². The number of hydrogen-bond donors (Lipinski definition) is 4. The van der Waals surface area contributed by atoms with Gasteiger partial charge in [-0.1, -0.05) is 23.7 Å². The van der Waals surface area contributed by atoms with Gasteiger partial charge in [0.05, 0.1) is 40.2 Å². The summed E-state index contributed by atoms with van der Waals surface area (Å²) in [6.07, 6.45) is 3.74. The quantitative estimate of drug-likeness (QED) is 0.333. The molecule has 10 heteroatoms. The fourth-order valence-electron chi connectivity index (χ4n) is 4.19. The number of anilines is 2. The number of amides is 1. The Morgan fingerprint density at radius 1 is 1.35 bits per heavy atom. The van der Waals surface area contributed by atoms with Gasteiger partial charge in [0.25, 0.3) is 5.91 Å². The fourth-order valence-corrected chi connectivity index (χ4v) is 4.50. The third-order valence-corrected chi connectivity index (χ3v) is 6.49. The normalized spacial score (nSPS) is 20.1. The molecule has 1 aliphatic rings. The molecule has 9 nitrogen and oxygen atoms in total. The summed E-state index contributed by atoms with van der Waals surface area (Å²) in [6, 6.07) is 7.37. The molecule has 2 atom stereocenters. The number of aromatic nitrogens is 4. The Morgan fingerprint density at radius 2 is 2.21 bits per heavy atom. The summed E-state index contributed by atoms with van der Waals surface area (Å²) in [4.78, 5) is 20.2. The largest absolute Gasteiger partial charge is 0.384 e. The number of fused-ring (bicyclic) bond motifs is 3. The van der Waals surface area contributed by atoms with Gasteiger partial charge in [0.2, 0.25) is 0 Å². The average molecular weight is 484 g/mol. The predicted octanol–water partition coefficient (Wildman–Crippen LogP) is 3.62. The van der Waals surface area contributed by atoms with Gasteiger partial charge in [0.1, 0.15) is 17.3 Å². The fraction of sp³-hybridized carbons (Fsp3) is 0.292. The number of aliphatic hydroxyl groups excluding tert-OH is 1. The topological polar surface area (TPSA) is 117 Å². The van der Waals surface area contributed by atoms with Crippen molar-refractivity contribution in [3.05, 3.63) is 70.3 Å². The highest BCUT2D eigenvalue weighted by Crippen LogP contribution is 2.41. The Morgan fingerprint density at radius 3 is 2.94 bits per heavy atom. The minimum Gasteiger partial charge on any atom is -0.384 e. The molecule has 3 aromatic heterocycles. The Balaban J connectivity index is 1.49. The molecule has 4 aromatic rings. The average Bonchev–Trinajstić information content (AvgIpc) is 3.44. The molecular weight excluding hydrogens is 456 g/mol. The number of carbonyl (C=O) groups is 1. The van der Waals surface area contributed by atoms with Crippen LogP contribution in [0.2, 0.25) is 5.02 Å². The van der Waals surface area contributed by atoms with E-state index in [1.54, 1.807) is 31.5 Å². The van der Waals surface area contributed by atoms with Crippen molar-refractivity contribution < 1.29 is 18.8 Å². The van der Waals surface area contributed by atoms with Crippen molar-refractivity contribution in [3.63, 3.8) is 0 Å². The number of ether oxygens (including phenoxy) is 1. The second-order valence-corrected chi connectivity index (χ2v) is 9.01. The molecule has 0 fully saturated rings. The summed E-state index contributed by atoms with van der Waals surface area (Å²) in [7, 11) is -2.66. The Bertz CT molecular complexity index is 1500. The van der Waals surface area contributed by atoms with Crippen LogP contribution in [-0.2, 0) is 16.1 Å². The third-order valence-electron chi connectivity index (χ3n) is 6.16. The van der Waals surface area contributed by atoms with Crippen molar-refractivity contribution in [1.29, 1.82) is 0 Å². The number of aliphatic hydroxyl groups is 1. The molecule has 34 heavy (non-hydrogen) atoms. The third kappa shape index (κ3) is 3.71. The van der Waals surface area contributed by atoms with E-state index in [2.05, 4.69) is 25.7 Å². The number of nitrogens with zero attached hydrogens (tertiary/aromatic N) is 3. The standard InChI is InChI=1S/C24H25ClN6O3/c1-13-6-7-28-31(13)11-14-4-5-15(17(25)8-14)21(32)16-9-26-22-19(16)20-18(10-27-22)29-23(33)24(2,30-20)12-34-3/h4-10,21,30,32H,11-12H2,1-3H3,(H,26,27)(H,29,33)/t21?,24-/m0/s1/i3D3. The highest BCUT2D eigenvalue weighted by atomic mass is 35.5. The molecule has 0 saturated carbocycles. The van der Waals surface area contributed by atoms with Crippen molar-refractivity contribution in [2.24, 2.45) is 0 Å². The molecule has 4 N–H and O–H groups in total. The molecule has 0 saturated heterocycles. The summed E-state index contributed by atoms with van der Waals surface area (Å²) in [5, 5.41) is 22.5. The van der Waals surface area contributed by atoms with Gasteiger partial charge in [-0.25, -0.2) is 4.98 Å². The maximum atomic E-state index is 12.8. The summed E-state index contributed by atoms with van der Waals surface area (Å²) >= 11 is 6.61. The SMILES string of the molecule is [2H]C([2H])([2H])OC[C@]1(C)Nc2c(cnc3[nH]cc(C(O)c4ccc(Cn5nccc5C)cc4Cl)c23)NC1=O. The molecule has 1 amide bonds. The van der Waals surface area contributed by atoms with Gasteiger partial charge in [-0.2, -0.15) is 5.10 Å². The van der Waals surface area contributed by atoms with Gasteiger partial charge in [-0.15, -0.1) is 0 Å². The minimum atomic E-state index is -2.66. The molecule has 176 valence electrons. The summed E-state index contributed by atoms with van der Waals surface area (Å²) in [5.74, 6) is -0.464. The highest BCUT2D eigenvalue weighted by Gasteiger charge is 2.39. The molecule has 1 aliphatic heterocycles. The van der Waals surface area contributed by atoms with Crippen LogP contribution >= 0.6 is 11.6 Å². The molecule has 0 bridgehead atoms. The Labute approximate surface area is 205 Å². The lowest BCUT2D eigenvalue weighted by molar-refractivity contribution is -0.121. The van der Waals surface area contributed by atoms with Crippen LogP contribution in [0.1, 0.15) is 39.5 Å². The van der Waals surface area contributed by atoms with E-state index in [9.17, 15) is 9.90 Å². The summed E-state index contributed by atoms with van der Waals surface area (Å²) in [6.45, 7) is 3.65. The molecule has 1 aromatic carbocycles. The van der Waals surface area contributed by atoms with Crippen LogP contribution in [-0.4, -0.2) is 49.9 Å². The number of H-pyrrole nitrogens is 1. The first-order valence-electron chi connectivity index (χ1n) is 12.1. The van der Waals surface area contributed by atoms with Crippen molar-refractivity contribution in [1.82, 2.24) is 19.7 Å². The van der Waals surface area contributed by atoms with Crippen molar-refractivity contribution >= 4 is 39.9 Å². The van der Waals surface area contributed by atoms with E-state index >= 15 is 0 Å². The molecular formula is C24H25ClN6O3. The number of hydrogen-bond acceptors (Lipinski definition) is 6. The monoisotopic (exact) mass is 483 g/mol. The lowest BCUT2D eigenvalue weighted by atomic mass is 9.95. The first-order valence-corrected chi connectivity index (χ1v) is 11.0. The number of rotatable bonds is 6. The van der Waals surface area contributed by atoms with Crippen molar-refractivity contribution in [2.45, 2.75) is 32.0 Å². The number of aryl methyl sites for hydroxylation is 1. The van der Waals surface area contributed by atoms with E-state index in [0.29, 0.717) is 45.1 Å². The van der Waals surface area contributed by atoms with Gasteiger partial charge >= 0.3 is 0 Å². The van der Waals surface area contributed by atoms with Gasteiger partial charge in [-0.05, 0) is 31.5 Å². The summed E-state index contributed by atoms with van der Waals surface area (Å²) < 4.78 is 28.8. The number of halogens is 1. The van der Waals surface area contributed by atoms with Crippen molar-refractivity contribution in [3.8, 4) is 0 Å². The van der Waals surface area contributed by atoms with Crippen LogP contribution in [0.15, 0.2) is 42.9 Å². The van der Waals surface area contributed by atoms with E-state index in [0.717, 1.165) is 11.3 Å². The first kappa shape index (κ1) is 19.0. The second kappa shape index (κ2) is 8.43. The molecule has 4 heterocycles. The van der Waals surface area contributed by atoms with E-state index in [1.807, 2.05) is 23.7 Å². The van der Waals surface area contributed by atoms with E-state index in [-0.39, 0.29) is 0 Å². The zero-order valence-electron chi connectivity index (χ0n) is 21.5. The number of nitrogens with one attached hydrogen (secondary N) is 3. The lowest BCUT2D eigenvalue weighted by Gasteiger charge is -2.35. The molecule has 1 unspecified atom stereocenters. The van der Waals surface area contributed by atoms with Gasteiger partial charge in [0, 0.05) is 41.3 Å².